The van der Waals surface area contributed by atoms with Crippen LogP contribution < -0.4 is 5.32 Å². The predicted molar refractivity (Wildman–Crippen MR) is 74.3 cm³/mol. The Hall–Kier alpha value is -0.0800. The number of hydrogen-bond acceptors (Lipinski definition) is 2. The summed E-state index contributed by atoms with van der Waals surface area (Å²) < 4.78 is 0. The standard InChI is InChI=1S/C15H30N2/c1-14-4-6-15(7-5-14)8-13-17-11-2-9-16-10-3-12-17/h14-16H,2-13H2,1H3. The zero-order chi connectivity index (χ0) is 11.9. The van der Waals surface area contributed by atoms with Crippen LogP contribution in [-0.2, 0) is 0 Å². The number of nitrogens with one attached hydrogen (secondary N) is 1. The first-order chi connectivity index (χ1) is 8.34. The van der Waals surface area contributed by atoms with E-state index in [0.717, 1.165) is 11.8 Å². The summed E-state index contributed by atoms with van der Waals surface area (Å²) in [5.74, 6) is 2.04. The molecule has 0 radical (unpaired) electrons. The normalized spacial score (nSPS) is 33.0. The molecule has 0 amide bonds. The molecule has 17 heavy (non-hydrogen) atoms. The Kier molecular flexibility index (Phi) is 5.79. The van der Waals surface area contributed by atoms with Gasteiger partial charge in [-0.3, -0.25) is 0 Å². The van der Waals surface area contributed by atoms with Crippen LogP contribution >= 0.6 is 0 Å². The maximum absolute atomic E-state index is 3.49. The van der Waals surface area contributed by atoms with Crippen LogP contribution in [0.1, 0.15) is 51.9 Å². The zero-order valence-corrected chi connectivity index (χ0v) is 11.6. The van der Waals surface area contributed by atoms with Crippen LogP contribution in [0.25, 0.3) is 0 Å². The average molecular weight is 238 g/mol. The molecular weight excluding hydrogens is 208 g/mol. The van der Waals surface area contributed by atoms with Gasteiger partial charge in [0.15, 0.2) is 0 Å². The molecule has 0 aromatic rings. The van der Waals surface area contributed by atoms with Crippen molar-refractivity contribution in [2.45, 2.75) is 51.9 Å². The van der Waals surface area contributed by atoms with E-state index in [1.165, 1.54) is 77.7 Å². The number of hydrogen-bond donors (Lipinski definition) is 1. The molecule has 2 heteroatoms. The Morgan fingerprint density at radius 2 is 1.65 bits per heavy atom. The minimum Gasteiger partial charge on any atom is -0.317 e. The van der Waals surface area contributed by atoms with E-state index in [2.05, 4.69) is 17.1 Å². The Morgan fingerprint density at radius 1 is 1.00 bits per heavy atom. The second-order valence-electron chi connectivity index (χ2n) is 6.21. The van der Waals surface area contributed by atoms with E-state index in [1.54, 1.807) is 0 Å². The molecule has 2 nitrogen and oxygen atoms in total. The average Bonchev–Trinajstić information content (AvgIpc) is 2.30. The molecule has 1 saturated heterocycles. The third-order valence-electron chi connectivity index (χ3n) is 4.64. The van der Waals surface area contributed by atoms with Crippen LogP contribution in [0, 0.1) is 11.8 Å². The van der Waals surface area contributed by atoms with Crippen LogP contribution in [0.4, 0.5) is 0 Å². The lowest BCUT2D eigenvalue weighted by atomic mass is 9.81. The largest absolute Gasteiger partial charge is 0.317 e. The maximum Gasteiger partial charge on any atom is -0.000663 e. The summed E-state index contributed by atoms with van der Waals surface area (Å²) in [6.07, 6.45) is 10.1. The van der Waals surface area contributed by atoms with Gasteiger partial charge >= 0.3 is 0 Å². The van der Waals surface area contributed by atoms with Crippen molar-refractivity contribution in [2.24, 2.45) is 11.8 Å². The molecule has 0 aromatic carbocycles. The summed E-state index contributed by atoms with van der Waals surface area (Å²) in [4.78, 5) is 2.71. The topological polar surface area (TPSA) is 15.3 Å². The fourth-order valence-electron chi connectivity index (χ4n) is 3.30. The molecule has 0 unspecified atom stereocenters. The van der Waals surface area contributed by atoms with Gasteiger partial charge in [-0.15, -0.1) is 0 Å². The third kappa shape index (κ3) is 4.97. The summed E-state index contributed by atoms with van der Waals surface area (Å²) in [6.45, 7) is 8.85. The van der Waals surface area contributed by atoms with Crippen molar-refractivity contribution in [3.05, 3.63) is 0 Å². The predicted octanol–water partition coefficient (Wildman–Crippen LogP) is 2.89. The lowest BCUT2D eigenvalue weighted by Crippen LogP contribution is -2.35. The van der Waals surface area contributed by atoms with Gasteiger partial charge in [0, 0.05) is 0 Å². The molecule has 2 fully saturated rings. The van der Waals surface area contributed by atoms with Crippen molar-refractivity contribution in [3.8, 4) is 0 Å². The summed E-state index contributed by atoms with van der Waals surface area (Å²) in [5, 5.41) is 3.49. The summed E-state index contributed by atoms with van der Waals surface area (Å²) >= 11 is 0. The van der Waals surface area contributed by atoms with E-state index in [0.29, 0.717) is 0 Å². The molecule has 100 valence electrons. The highest BCUT2D eigenvalue weighted by Crippen LogP contribution is 2.30. The van der Waals surface area contributed by atoms with Crippen LogP contribution in [0.2, 0.25) is 0 Å². The molecule has 1 aliphatic carbocycles. The zero-order valence-electron chi connectivity index (χ0n) is 11.6. The fourth-order valence-corrected chi connectivity index (χ4v) is 3.30. The van der Waals surface area contributed by atoms with Gasteiger partial charge in [-0.2, -0.15) is 0 Å². The lowest BCUT2D eigenvalue weighted by Gasteiger charge is -2.30. The molecule has 0 bridgehead atoms. The van der Waals surface area contributed by atoms with Crippen LogP contribution in [-0.4, -0.2) is 37.6 Å². The van der Waals surface area contributed by atoms with Crippen molar-refractivity contribution in [1.82, 2.24) is 10.2 Å². The highest BCUT2D eigenvalue weighted by atomic mass is 15.1. The smallest absolute Gasteiger partial charge is 0.000663 e. The number of nitrogens with zero attached hydrogens (tertiary/aromatic N) is 1. The quantitative estimate of drug-likeness (QED) is 0.813. The molecule has 1 N–H and O–H groups in total. The van der Waals surface area contributed by atoms with Gasteiger partial charge in [-0.05, 0) is 63.8 Å². The minimum absolute atomic E-state index is 0.999. The molecule has 1 saturated carbocycles. The molecule has 2 rings (SSSR count). The SMILES string of the molecule is CC1CCC(CCN2CCCNCCC2)CC1. The van der Waals surface area contributed by atoms with Crippen LogP contribution in [0.5, 0.6) is 0 Å². The van der Waals surface area contributed by atoms with Crippen molar-refractivity contribution >= 4 is 0 Å². The second kappa shape index (κ2) is 7.38. The van der Waals surface area contributed by atoms with Gasteiger partial charge in [0.25, 0.3) is 0 Å². The van der Waals surface area contributed by atoms with Gasteiger partial charge in [0.1, 0.15) is 0 Å². The molecule has 1 heterocycles. The van der Waals surface area contributed by atoms with Gasteiger partial charge in [0.2, 0.25) is 0 Å². The molecular formula is C15H30N2. The van der Waals surface area contributed by atoms with Gasteiger partial charge < -0.3 is 10.2 Å². The molecule has 0 spiro atoms. The maximum atomic E-state index is 3.49. The third-order valence-corrected chi connectivity index (χ3v) is 4.64. The van der Waals surface area contributed by atoms with E-state index in [1.807, 2.05) is 0 Å². The Morgan fingerprint density at radius 3 is 2.29 bits per heavy atom. The van der Waals surface area contributed by atoms with Crippen molar-refractivity contribution < 1.29 is 0 Å². The first-order valence-corrected chi connectivity index (χ1v) is 7.77. The summed E-state index contributed by atoms with van der Waals surface area (Å²) in [6, 6.07) is 0. The van der Waals surface area contributed by atoms with E-state index in [9.17, 15) is 0 Å². The van der Waals surface area contributed by atoms with Crippen LogP contribution in [0.15, 0.2) is 0 Å². The molecule has 0 aromatic heterocycles. The van der Waals surface area contributed by atoms with Crippen LogP contribution in [0.3, 0.4) is 0 Å². The highest BCUT2D eigenvalue weighted by molar-refractivity contribution is 4.72. The first-order valence-electron chi connectivity index (χ1n) is 7.77. The van der Waals surface area contributed by atoms with E-state index >= 15 is 0 Å². The van der Waals surface area contributed by atoms with Gasteiger partial charge in [-0.25, -0.2) is 0 Å². The van der Waals surface area contributed by atoms with Crippen molar-refractivity contribution in [1.29, 1.82) is 0 Å². The fraction of sp³-hybridized carbons (Fsp3) is 1.00. The number of rotatable bonds is 3. The molecule has 0 atom stereocenters. The Balaban J connectivity index is 1.62. The minimum atomic E-state index is 0.999. The lowest BCUT2D eigenvalue weighted by molar-refractivity contribution is 0.206. The first kappa shape index (κ1) is 13.4. The Labute approximate surface area is 107 Å². The summed E-state index contributed by atoms with van der Waals surface area (Å²) in [5.41, 5.74) is 0. The Bertz CT molecular complexity index is 189. The van der Waals surface area contributed by atoms with Gasteiger partial charge in [0.05, 0.1) is 0 Å². The van der Waals surface area contributed by atoms with Crippen molar-refractivity contribution in [2.75, 3.05) is 32.7 Å². The van der Waals surface area contributed by atoms with E-state index in [-0.39, 0.29) is 0 Å². The van der Waals surface area contributed by atoms with E-state index in [4.69, 9.17) is 0 Å². The molecule has 1 aliphatic heterocycles. The molecule has 2 aliphatic rings. The van der Waals surface area contributed by atoms with E-state index < -0.39 is 0 Å². The monoisotopic (exact) mass is 238 g/mol. The van der Waals surface area contributed by atoms with Crippen molar-refractivity contribution in [3.63, 3.8) is 0 Å². The second-order valence-corrected chi connectivity index (χ2v) is 6.21. The highest BCUT2D eigenvalue weighted by Gasteiger charge is 2.18. The van der Waals surface area contributed by atoms with Gasteiger partial charge in [-0.1, -0.05) is 32.6 Å². The summed E-state index contributed by atoms with van der Waals surface area (Å²) in [7, 11) is 0.